The number of benzene rings is 1. The molecule has 0 radical (unpaired) electrons. The number of carboxylic acids is 1. The Labute approximate surface area is 117 Å². The van der Waals surface area contributed by atoms with Gasteiger partial charge in [-0.3, -0.25) is 4.79 Å². The first-order chi connectivity index (χ1) is 8.56. The van der Waals surface area contributed by atoms with Gasteiger partial charge in [0.1, 0.15) is 10.9 Å². The molecule has 4 nitrogen and oxygen atoms in total. The molecule has 2 aromatic rings. The summed E-state index contributed by atoms with van der Waals surface area (Å²) in [6.45, 7) is 1.84. The molecule has 0 aliphatic rings. The zero-order valence-corrected chi connectivity index (χ0v) is 12.1. The molecule has 1 aromatic heterocycles. The van der Waals surface area contributed by atoms with Gasteiger partial charge in [0.2, 0.25) is 0 Å². The van der Waals surface area contributed by atoms with E-state index in [4.69, 9.17) is 5.11 Å². The van der Waals surface area contributed by atoms with Crippen molar-refractivity contribution in [3.05, 3.63) is 28.5 Å². The van der Waals surface area contributed by atoms with Gasteiger partial charge in [-0.05, 0) is 25.1 Å². The fraction of sp³-hybridized carbons (Fsp3) is 0.250. The van der Waals surface area contributed by atoms with Crippen molar-refractivity contribution >= 4 is 44.6 Å². The van der Waals surface area contributed by atoms with E-state index in [-0.39, 0.29) is 6.42 Å². The van der Waals surface area contributed by atoms with E-state index in [0.717, 1.165) is 20.4 Å². The number of carboxylic acid groups (broad SMARTS) is 1. The average molecular weight is 327 g/mol. The Kier molecular flexibility index (Phi) is 4.19. The Bertz CT molecular complexity index is 604. The number of nitrogens with zero attached hydrogens (tertiary/aromatic N) is 2. The summed E-state index contributed by atoms with van der Waals surface area (Å²) in [4.78, 5) is 19.3. The average Bonchev–Trinajstić information content (AvgIpc) is 2.29. The third-order valence-electron chi connectivity index (χ3n) is 2.29. The summed E-state index contributed by atoms with van der Waals surface area (Å²) in [5, 5.41) is 10.4. The van der Waals surface area contributed by atoms with Gasteiger partial charge in [-0.1, -0.05) is 15.9 Å². The molecule has 0 aliphatic heterocycles. The zero-order valence-electron chi connectivity index (χ0n) is 9.68. The second-order valence-corrected chi connectivity index (χ2v) is 5.73. The SMILES string of the molecule is Cc1nc(SCCC(=O)O)c2cc(Br)ccc2n1. The van der Waals surface area contributed by atoms with Crippen molar-refractivity contribution in [1.82, 2.24) is 9.97 Å². The third kappa shape index (κ3) is 3.20. The zero-order chi connectivity index (χ0) is 13.1. The molecule has 0 amide bonds. The molecule has 0 unspecified atom stereocenters. The molecule has 0 saturated carbocycles. The van der Waals surface area contributed by atoms with Crippen molar-refractivity contribution in [2.45, 2.75) is 18.4 Å². The number of thioether (sulfide) groups is 1. The first kappa shape index (κ1) is 13.3. The largest absolute Gasteiger partial charge is 0.481 e. The van der Waals surface area contributed by atoms with E-state index in [0.29, 0.717) is 11.6 Å². The van der Waals surface area contributed by atoms with Crippen molar-refractivity contribution in [3.63, 3.8) is 0 Å². The maximum atomic E-state index is 10.5. The van der Waals surface area contributed by atoms with Crippen LogP contribution < -0.4 is 0 Å². The molecule has 1 heterocycles. The molecule has 1 aromatic carbocycles. The van der Waals surface area contributed by atoms with E-state index in [1.54, 1.807) is 0 Å². The molecule has 6 heteroatoms. The lowest BCUT2D eigenvalue weighted by molar-refractivity contribution is -0.136. The summed E-state index contributed by atoms with van der Waals surface area (Å²) < 4.78 is 0.961. The van der Waals surface area contributed by atoms with Crippen LogP contribution in [0, 0.1) is 6.92 Å². The van der Waals surface area contributed by atoms with Gasteiger partial charge in [-0.15, -0.1) is 11.8 Å². The Morgan fingerprint density at radius 2 is 2.22 bits per heavy atom. The van der Waals surface area contributed by atoms with Crippen LogP contribution in [0.4, 0.5) is 0 Å². The second-order valence-electron chi connectivity index (χ2n) is 3.73. The minimum Gasteiger partial charge on any atom is -0.481 e. The minimum absolute atomic E-state index is 0.128. The van der Waals surface area contributed by atoms with Gasteiger partial charge < -0.3 is 5.11 Å². The first-order valence-corrected chi connectivity index (χ1v) is 7.12. The maximum Gasteiger partial charge on any atom is 0.304 e. The lowest BCUT2D eigenvalue weighted by atomic mass is 10.2. The number of hydrogen-bond acceptors (Lipinski definition) is 4. The van der Waals surface area contributed by atoms with Crippen molar-refractivity contribution in [1.29, 1.82) is 0 Å². The van der Waals surface area contributed by atoms with E-state index in [1.807, 2.05) is 25.1 Å². The van der Waals surface area contributed by atoms with Gasteiger partial charge in [-0.25, -0.2) is 9.97 Å². The molecule has 0 atom stereocenters. The van der Waals surface area contributed by atoms with Crippen LogP contribution in [0.3, 0.4) is 0 Å². The molecule has 0 saturated heterocycles. The van der Waals surface area contributed by atoms with Gasteiger partial charge in [-0.2, -0.15) is 0 Å². The van der Waals surface area contributed by atoms with Gasteiger partial charge in [0.05, 0.1) is 11.9 Å². The highest BCUT2D eigenvalue weighted by atomic mass is 79.9. The standard InChI is InChI=1S/C12H11BrN2O2S/c1-7-14-10-3-2-8(13)6-9(10)12(15-7)18-5-4-11(16)17/h2-3,6H,4-5H2,1H3,(H,16,17). The molecule has 0 aliphatic carbocycles. The Morgan fingerprint density at radius 3 is 2.94 bits per heavy atom. The highest BCUT2D eigenvalue weighted by Crippen LogP contribution is 2.28. The number of halogens is 1. The number of aliphatic carboxylic acids is 1. The van der Waals surface area contributed by atoms with E-state index in [9.17, 15) is 4.79 Å². The maximum absolute atomic E-state index is 10.5. The molecule has 0 bridgehead atoms. The summed E-state index contributed by atoms with van der Waals surface area (Å²) in [6.07, 6.45) is 0.128. The summed E-state index contributed by atoms with van der Waals surface area (Å²) >= 11 is 4.87. The van der Waals surface area contributed by atoms with Crippen LogP contribution in [-0.2, 0) is 4.79 Å². The molecule has 2 rings (SSSR count). The number of hydrogen-bond donors (Lipinski definition) is 1. The van der Waals surface area contributed by atoms with Crippen LogP contribution in [0.5, 0.6) is 0 Å². The number of fused-ring (bicyclic) bond motifs is 1. The fourth-order valence-corrected chi connectivity index (χ4v) is 2.88. The van der Waals surface area contributed by atoms with Gasteiger partial charge >= 0.3 is 5.97 Å². The monoisotopic (exact) mass is 326 g/mol. The van der Waals surface area contributed by atoms with E-state index >= 15 is 0 Å². The quantitative estimate of drug-likeness (QED) is 0.690. The van der Waals surface area contributed by atoms with Crippen molar-refractivity contribution < 1.29 is 9.90 Å². The molecular formula is C12H11BrN2O2S. The number of aryl methyl sites for hydroxylation is 1. The van der Waals surface area contributed by atoms with Crippen LogP contribution in [0.15, 0.2) is 27.7 Å². The molecule has 1 N–H and O–H groups in total. The van der Waals surface area contributed by atoms with Crippen LogP contribution >= 0.6 is 27.7 Å². The highest BCUT2D eigenvalue weighted by molar-refractivity contribution is 9.10. The number of carbonyl (C=O) groups is 1. The first-order valence-electron chi connectivity index (χ1n) is 5.35. The smallest absolute Gasteiger partial charge is 0.304 e. The minimum atomic E-state index is -0.793. The molecule has 94 valence electrons. The highest BCUT2D eigenvalue weighted by Gasteiger charge is 2.08. The van der Waals surface area contributed by atoms with Gasteiger partial charge in [0.25, 0.3) is 0 Å². The Hall–Kier alpha value is -1.14. The van der Waals surface area contributed by atoms with E-state index in [2.05, 4.69) is 25.9 Å². The Morgan fingerprint density at radius 1 is 1.44 bits per heavy atom. The fourth-order valence-electron chi connectivity index (χ4n) is 1.53. The summed E-state index contributed by atoms with van der Waals surface area (Å²) in [6, 6.07) is 5.81. The normalized spacial score (nSPS) is 10.8. The second kappa shape index (κ2) is 5.67. The van der Waals surface area contributed by atoms with Crippen LogP contribution in [0.25, 0.3) is 10.9 Å². The molecule has 0 fully saturated rings. The lowest BCUT2D eigenvalue weighted by Gasteiger charge is -2.06. The predicted molar refractivity (Wildman–Crippen MR) is 75.0 cm³/mol. The van der Waals surface area contributed by atoms with Gasteiger partial charge in [0, 0.05) is 15.6 Å². The van der Waals surface area contributed by atoms with Crippen molar-refractivity contribution in [2.75, 3.05) is 5.75 Å². The summed E-state index contributed by atoms with van der Waals surface area (Å²) in [5.41, 5.74) is 0.878. The summed E-state index contributed by atoms with van der Waals surface area (Å²) in [7, 11) is 0. The predicted octanol–water partition coefficient (Wildman–Crippen LogP) is 3.27. The topological polar surface area (TPSA) is 63.1 Å². The molecule has 18 heavy (non-hydrogen) atoms. The lowest BCUT2D eigenvalue weighted by Crippen LogP contribution is -1.98. The Balaban J connectivity index is 2.35. The van der Waals surface area contributed by atoms with Crippen LogP contribution in [-0.4, -0.2) is 26.8 Å². The molecular weight excluding hydrogens is 316 g/mol. The van der Waals surface area contributed by atoms with E-state index in [1.165, 1.54) is 11.8 Å². The number of aromatic nitrogens is 2. The number of rotatable bonds is 4. The van der Waals surface area contributed by atoms with E-state index < -0.39 is 5.97 Å². The van der Waals surface area contributed by atoms with Crippen LogP contribution in [0.1, 0.15) is 12.2 Å². The van der Waals surface area contributed by atoms with Crippen LogP contribution in [0.2, 0.25) is 0 Å². The third-order valence-corrected chi connectivity index (χ3v) is 3.78. The molecule has 0 spiro atoms. The summed E-state index contributed by atoms with van der Waals surface area (Å²) in [5.74, 6) is 0.411. The van der Waals surface area contributed by atoms with Crippen molar-refractivity contribution in [3.8, 4) is 0 Å². The van der Waals surface area contributed by atoms with Gasteiger partial charge in [0.15, 0.2) is 0 Å². The van der Waals surface area contributed by atoms with Crippen molar-refractivity contribution in [2.24, 2.45) is 0 Å².